The second kappa shape index (κ2) is 3.99. The van der Waals surface area contributed by atoms with E-state index >= 15 is 0 Å². The molecule has 89 valence electrons. The summed E-state index contributed by atoms with van der Waals surface area (Å²) in [5.41, 5.74) is 4.27. The van der Waals surface area contributed by atoms with Crippen molar-refractivity contribution < 1.29 is 4.42 Å². The monoisotopic (exact) mass is 243 g/mol. The van der Waals surface area contributed by atoms with E-state index in [-0.39, 0.29) is 0 Å². The molecule has 1 nitrogen and oxygen atoms in total. The summed E-state index contributed by atoms with van der Waals surface area (Å²) >= 11 is 0. The third-order valence-corrected chi connectivity index (χ3v) is 3.42. The minimum absolute atomic E-state index is 0.916. The van der Waals surface area contributed by atoms with Crippen LogP contribution >= 0.6 is 0 Å². The van der Waals surface area contributed by atoms with Gasteiger partial charge in [-0.05, 0) is 41.5 Å². The molecule has 0 N–H and O–H groups in total. The molecule has 0 atom stereocenters. The van der Waals surface area contributed by atoms with E-state index in [9.17, 15) is 0 Å². The SMILES string of the molecule is [c]1ccc2oc3ccc(-c4ccccc4)cc3c2c1. The molecule has 0 unspecified atom stereocenters. The zero-order valence-electron chi connectivity index (χ0n) is 10.3. The lowest BCUT2D eigenvalue weighted by molar-refractivity contribution is 0.669. The zero-order valence-corrected chi connectivity index (χ0v) is 10.3. The maximum Gasteiger partial charge on any atom is 0.135 e. The third kappa shape index (κ3) is 1.63. The summed E-state index contributed by atoms with van der Waals surface area (Å²) in [6.07, 6.45) is 0. The molecule has 0 aliphatic rings. The summed E-state index contributed by atoms with van der Waals surface area (Å²) in [7, 11) is 0. The first kappa shape index (κ1) is 10.4. The van der Waals surface area contributed by atoms with Crippen molar-refractivity contribution in [2.75, 3.05) is 0 Å². The fraction of sp³-hybridized carbons (Fsp3) is 0. The van der Waals surface area contributed by atoms with Gasteiger partial charge in [0.15, 0.2) is 0 Å². The lowest BCUT2D eigenvalue weighted by Gasteiger charge is -2.00. The zero-order chi connectivity index (χ0) is 12.7. The van der Waals surface area contributed by atoms with E-state index in [4.69, 9.17) is 4.42 Å². The van der Waals surface area contributed by atoms with Gasteiger partial charge in [0.2, 0.25) is 0 Å². The van der Waals surface area contributed by atoms with Gasteiger partial charge in [-0.25, -0.2) is 0 Å². The first-order chi connectivity index (χ1) is 9.42. The molecule has 1 aromatic heterocycles. The summed E-state index contributed by atoms with van der Waals surface area (Å²) in [6, 6.07) is 25.6. The van der Waals surface area contributed by atoms with E-state index in [2.05, 4.69) is 42.5 Å². The van der Waals surface area contributed by atoms with Crippen molar-refractivity contribution in [2.24, 2.45) is 0 Å². The molecule has 0 fully saturated rings. The molecule has 1 heterocycles. The number of fused-ring (bicyclic) bond motifs is 3. The second-order valence-electron chi connectivity index (χ2n) is 4.60. The van der Waals surface area contributed by atoms with Crippen molar-refractivity contribution in [3.63, 3.8) is 0 Å². The Kier molecular flexibility index (Phi) is 2.18. The Morgan fingerprint density at radius 2 is 1.58 bits per heavy atom. The van der Waals surface area contributed by atoms with Crippen LogP contribution < -0.4 is 0 Å². The Balaban J connectivity index is 2.03. The van der Waals surface area contributed by atoms with Crippen molar-refractivity contribution in [2.45, 2.75) is 0 Å². The van der Waals surface area contributed by atoms with Crippen LogP contribution in [0, 0.1) is 6.07 Å². The Bertz CT molecular complexity index is 857. The van der Waals surface area contributed by atoms with Crippen molar-refractivity contribution >= 4 is 21.9 Å². The lowest BCUT2D eigenvalue weighted by Crippen LogP contribution is -1.76. The summed E-state index contributed by atoms with van der Waals surface area (Å²) in [4.78, 5) is 0. The van der Waals surface area contributed by atoms with Gasteiger partial charge >= 0.3 is 0 Å². The maximum atomic E-state index is 5.82. The molecular weight excluding hydrogens is 232 g/mol. The molecule has 0 aliphatic heterocycles. The van der Waals surface area contributed by atoms with Crippen molar-refractivity contribution in [3.05, 3.63) is 72.8 Å². The van der Waals surface area contributed by atoms with Crippen molar-refractivity contribution in [3.8, 4) is 11.1 Å². The standard InChI is InChI=1S/C18H11O/c1-2-6-13(7-3-1)14-10-11-18-16(12-14)15-8-4-5-9-17(15)19-18/h1-3,5-12H. The molecule has 3 aromatic carbocycles. The quantitative estimate of drug-likeness (QED) is 0.455. The summed E-state index contributed by atoms with van der Waals surface area (Å²) in [6.45, 7) is 0. The molecule has 1 radical (unpaired) electrons. The van der Waals surface area contributed by atoms with Crippen LogP contribution in [0.15, 0.2) is 71.1 Å². The summed E-state index contributed by atoms with van der Waals surface area (Å²) in [5, 5.41) is 2.27. The molecule has 0 saturated carbocycles. The average molecular weight is 243 g/mol. The molecule has 1 heteroatoms. The minimum atomic E-state index is 0.916. The normalized spacial score (nSPS) is 11.2. The molecule has 0 bridgehead atoms. The summed E-state index contributed by atoms with van der Waals surface area (Å²) < 4.78 is 5.82. The number of hydrogen-bond donors (Lipinski definition) is 0. The highest BCUT2D eigenvalue weighted by atomic mass is 16.3. The van der Waals surface area contributed by atoms with Gasteiger partial charge in [0, 0.05) is 10.8 Å². The Hall–Kier alpha value is -2.54. The molecule has 0 saturated heterocycles. The highest BCUT2D eigenvalue weighted by molar-refractivity contribution is 6.06. The van der Waals surface area contributed by atoms with Gasteiger partial charge in [0.25, 0.3) is 0 Å². The highest BCUT2D eigenvalue weighted by Gasteiger charge is 2.07. The van der Waals surface area contributed by atoms with Crippen LogP contribution in [-0.4, -0.2) is 0 Å². The van der Waals surface area contributed by atoms with E-state index in [1.54, 1.807) is 0 Å². The largest absolute Gasteiger partial charge is 0.456 e. The molecule has 0 aliphatic carbocycles. The van der Waals surface area contributed by atoms with Crippen molar-refractivity contribution in [1.29, 1.82) is 0 Å². The van der Waals surface area contributed by atoms with E-state index in [0.717, 1.165) is 21.9 Å². The predicted molar refractivity (Wildman–Crippen MR) is 78.0 cm³/mol. The minimum Gasteiger partial charge on any atom is -0.456 e. The fourth-order valence-corrected chi connectivity index (χ4v) is 2.47. The Labute approximate surface area is 111 Å². The smallest absolute Gasteiger partial charge is 0.135 e. The maximum absolute atomic E-state index is 5.82. The van der Waals surface area contributed by atoms with E-state index < -0.39 is 0 Å². The van der Waals surface area contributed by atoms with Gasteiger partial charge in [-0.3, -0.25) is 0 Å². The van der Waals surface area contributed by atoms with E-state index in [1.807, 2.05) is 30.3 Å². The number of rotatable bonds is 1. The molecular formula is C18H11O. The van der Waals surface area contributed by atoms with Gasteiger partial charge in [0.1, 0.15) is 11.2 Å². The van der Waals surface area contributed by atoms with Gasteiger partial charge in [-0.2, -0.15) is 0 Å². The first-order valence-corrected chi connectivity index (χ1v) is 6.29. The molecule has 4 rings (SSSR count). The van der Waals surface area contributed by atoms with E-state index in [1.165, 1.54) is 11.1 Å². The molecule has 4 aromatic rings. The Morgan fingerprint density at radius 3 is 2.47 bits per heavy atom. The molecule has 0 spiro atoms. The van der Waals surface area contributed by atoms with Gasteiger partial charge in [-0.15, -0.1) is 0 Å². The fourth-order valence-electron chi connectivity index (χ4n) is 2.47. The first-order valence-electron chi connectivity index (χ1n) is 6.29. The highest BCUT2D eigenvalue weighted by Crippen LogP contribution is 2.31. The van der Waals surface area contributed by atoms with Gasteiger partial charge in [-0.1, -0.05) is 42.5 Å². The van der Waals surface area contributed by atoms with Crippen LogP contribution in [0.4, 0.5) is 0 Å². The molecule has 0 amide bonds. The Morgan fingerprint density at radius 1 is 0.737 bits per heavy atom. The summed E-state index contributed by atoms with van der Waals surface area (Å²) in [5.74, 6) is 0. The van der Waals surface area contributed by atoms with Crippen LogP contribution in [0.25, 0.3) is 33.1 Å². The number of benzene rings is 3. The molecule has 19 heavy (non-hydrogen) atoms. The van der Waals surface area contributed by atoms with Gasteiger partial charge in [0.05, 0.1) is 0 Å². The van der Waals surface area contributed by atoms with Crippen LogP contribution in [0.5, 0.6) is 0 Å². The van der Waals surface area contributed by atoms with Crippen LogP contribution in [0.2, 0.25) is 0 Å². The topological polar surface area (TPSA) is 13.1 Å². The predicted octanol–water partition coefficient (Wildman–Crippen LogP) is 5.05. The second-order valence-corrected chi connectivity index (χ2v) is 4.60. The van der Waals surface area contributed by atoms with Crippen LogP contribution in [0.1, 0.15) is 0 Å². The number of hydrogen-bond acceptors (Lipinski definition) is 1. The van der Waals surface area contributed by atoms with Crippen molar-refractivity contribution in [1.82, 2.24) is 0 Å². The van der Waals surface area contributed by atoms with Crippen LogP contribution in [0.3, 0.4) is 0 Å². The van der Waals surface area contributed by atoms with Crippen LogP contribution in [-0.2, 0) is 0 Å². The van der Waals surface area contributed by atoms with Gasteiger partial charge < -0.3 is 4.42 Å². The number of furan rings is 1. The average Bonchev–Trinajstić information content (AvgIpc) is 2.86. The third-order valence-electron chi connectivity index (χ3n) is 3.42. The lowest BCUT2D eigenvalue weighted by atomic mass is 10.0. The van der Waals surface area contributed by atoms with E-state index in [0.29, 0.717) is 0 Å².